The number of ether oxygens (including phenoxy) is 1. The first-order chi connectivity index (χ1) is 12.1. The van der Waals surface area contributed by atoms with E-state index < -0.39 is 53.0 Å². The minimum atomic E-state index is -4.99. The van der Waals surface area contributed by atoms with Crippen molar-refractivity contribution in [3.8, 4) is 17.6 Å². The molecule has 0 saturated heterocycles. The van der Waals surface area contributed by atoms with Gasteiger partial charge in [-0.15, -0.1) is 0 Å². The summed E-state index contributed by atoms with van der Waals surface area (Å²) in [7, 11) is 0. The highest BCUT2D eigenvalue weighted by Gasteiger charge is 2.33. The number of carbonyl (C=O) groups excluding carboxylic acids is 1. The number of amides is 1. The van der Waals surface area contributed by atoms with Gasteiger partial charge in [0.2, 0.25) is 5.91 Å². The highest BCUT2D eigenvalue weighted by molar-refractivity contribution is 5.93. The van der Waals surface area contributed by atoms with Gasteiger partial charge >= 0.3 is 6.18 Å². The fourth-order valence-electron chi connectivity index (χ4n) is 1.90. The standard InChI is InChI=1S/C16H8F6N2O2/c17-9-2-1-3-12(24-13(25)4-5-23)15(9)26-14-10(18)6-8(7-11(14)19)16(20,21)22/h1-3,6-7H,4H2,(H,24,25). The van der Waals surface area contributed by atoms with Crippen molar-refractivity contribution in [3.05, 3.63) is 53.3 Å². The third kappa shape index (κ3) is 4.24. The molecule has 2 aromatic rings. The zero-order valence-corrected chi connectivity index (χ0v) is 12.6. The Hall–Kier alpha value is -3.22. The van der Waals surface area contributed by atoms with Gasteiger partial charge in [-0.25, -0.2) is 13.2 Å². The van der Waals surface area contributed by atoms with Crippen molar-refractivity contribution in [1.82, 2.24) is 0 Å². The van der Waals surface area contributed by atoms with E-state index in [0.717, 1.165) is 18.2 Å². The number of halogens is 6. The van der Waals surface area contributed by atoms with Gasteiger partial charge in [0.05, 0.1) is 17.3 Å². The molecule has 0 aliphatic carbocycles. The van der Waals surface area contributed by atoms with E-state index in [1.807, 2.05) is 0 Å². The van der Waals surface area contributed by atoms with Crippen molar-refractivity contribution in [2.75, 3.05) is 5.32 Å². The molecule has 10 heteroatoms. The molecule has 0 heterocycles. The summed E-state index contributed by atoms with van der Waals surface area (Å²) in [6, 6.07) is 4.63. The summed E-state index contributed by atoms with van der Waals surface area (Å²) >= 11 is 0. The van der Waals surface area contributed by atoms with Gasteiger partial charge in [-0.3, -0.25) is 4.79 Å². The van der Waals surface area contributed by atoms with Gasteiger partial charge in [-0.1, -0.05) is 6.07 Å². The Kier molecular flexibility index (Phi) is 5.40. The van der Waals surface area contributed by atoms with E-state index in [9.17, 15) is 31.1 Å². The molecule has 0 aliphatic rings. The Balaban J connectivity index is 2.43. The van der Waals surface area contributed by atoms with Gasteiger partial charge in [-0.2, -0.15) is 18.4 Å². The number of alkyl halides is 3. The van der Waals surface area contributed by atoms with Crippen molar-refractivity contribution in [3.63, 3.8) is 0 Å². The maximum atomic E-state index is 13.9. The predicted molar refractivity (Wildman–Crippen MR) is 76.7 cm³/mol. The molecule has 26 heavy (non-hydrogen) atoms. The number of anilines is 1. The molecule has 0 radical (unpaired) electrons. The summed E-state index contributed by atoms with van der Waals surface area (Å²) in [5.74, 6) is -7.52. The van der Waals surface area contributed by atoms with E-state index in [-0.39, 0.29) is 17.8 Å². The van der Waals surface area contributed by atoms with Crippen molar-refractivity contribution in [2.24, 2.45) is 0 Å². The Labute approximate surface area is 142 Å². The lowest BCUT2D eigenvalue weighted by molar-refractivity contribution is -0.138. The molecule has 1 amide bonds. The molecule has 2 rings (SSSR count). The smallest absolute Gasteiger partial charge is 0.416 e. The van der Waals surface area contributed by atoms with Crippen LogP contribution in [0.5, 0.6) is 11.5 Å². The third-order valence-corrected chi connectivity index (χ3v) is 3.01. The Morgan fingerprint density at radius 3 is 2.23 bits per heavy atom. The van der Waals surface area contributed by atoms with Crippen LogP contribution in [-0.2, 0) is 11.0 Å². The summed E-state index contributed by atoms with van der Waals surface area (Å²) in [5, 5.41) is 10.5. The van der Waals surface area contributed by atoms with Crippen LogP contribution in [0, 0.1) is 28.8 Å². The number of para-hydroxylation sites is 1. The zero-order valence-electron chi connectivity index (χ0n) is 12.6. The maximum absolute atomic E-state index is 13.9. The highest BCUT2D eigenvalue weighted by Crippen LogP contribution is 2.38. The molecular weight excluding hydrogens is 366 g/mol. The summed E-state index contributed by atoms with van der Waals surface area (Å²) in [5.41, 5.74) is -1.94. The minimum absolute atomic E-state index is 0.00675. The summed E-state index contributed by atoms with van der Waals surface area (Å²) < 4.78 is 84.0. The number of hydrogen-bond acceptors (Lipinski definition) is 3. The van der Waals surface area contributed by atoms with Crippen LogP contribution >= 0.6 is 0 Å². The van der Waals surface area contributed by atoms with Gasteiger partial charge in [0.25, 0.3) is 0 Å². The Morgan fingerprint density at radius 2 is 1.69 bits per heavy atom. The molecule has 136 valence electrons. The summed E-state index contributed by atoms with van der Waals surface area (Å²) in [6.07, 6.45) is -5.58. The van der Waals surface area contributed by atoms with Crippen LogP contribution < -0.4 is 10.1 Å². The lowest BCUT2D eigenvalue weighted by Crippen LogP contribution is -2.12. The molecule has 0 spiro atoms. The van der Waals surface area contributed by atoms with Crippen LogP contribution in [0.25, 0.3) is 0 Å². The number of carbonyl (C=O) groups is 1. The van der Waals surface area contributed by atoms with Crippen LogP contribution in [0.3, 0.4) is 0 Å². The van der Waals surface area contributed by atoms with Crippen LogP contribution in [0.2, 0.25) is 0 Å². The molecule has 0 atom stereocenters. The molecule has 0 aliphatic heterocycles. The number of hydrogen-bond donors (Lipinski definition) is 1. The molecular formula is C16H8F6N2O2. The quantitative estimate of drug-likeness (QED) is 0.785. The van der Waals surface area contributed by atoms with Crippen LogP contribution in [0.15, 0.2) is 30.3 Å². The Bertz CT molecular complexity index is 866. The molecule has 0 saturated carbocycles. The van der Waals surface area contributed by atoms with E-state index >= 15 is 0 Å². The van der Waals surface area contributed by atoms with Gasteiger partial charge < -0.3 is 10.1 Å². The molecule has 4 nitrogen and oxygen atoms in total. The van der Waals surface area contributed by atoms with E-state index in [2.05, 4.69) is 5.32 Å². The number of nitriles is 1. The number of nitrogens with one attached hydrogen (secondary N) is 1. The van der Waals surface area contributed by atoms with Crippen molar-refractivity contribution >= 4 is 11.6 Å². The predicted octanol–water partition coefficient (Wildman–Crippen LogP) is 4.77. The van der Waals surface area contributed by atoms with E-state index in [1.165, 1.54) is 6.07 Å². The average Bonchev–Trinajstić information content (AvgIpc) is 2.52. The fraction of sp³-hybridized carbons (Fsp3) is 0.125. The monoisotopic (exact) mass is 374 g/mol. The molecule has 0 fully saturated rings. The van der Waals surface area contributed by atoms with Crippen molar-refractivity contribution in [1.29, 1.82) is 5.26 Å². The van der Waals surface area contributed by atoms with Crippen LogP contribution in [-0.4, -0.2) is 5.91 Å². The number of benzene rings is 2. The number of nitrogens with zero attached hydrogens (tertiary/aromatic N) is 1. The lowest BCUT2D eigenvalue weighted by Gasteiger charge is -2.15. The zero-order chi connectivity index (χ0) is 19.5. The van der Waals surface area contributed by atoms with Crippen molar-refractivity contribution < 1.29 is 35.9 Å². The fourth-order valence-corrected chi connectivity index (χ4v) is 1.90. The van der Waals surface area contributed by atoms with E-state index in [0.29, 0.717) is 0 Å². The number of rotatable bonds is 4. The second-order valence-corrected chi connectivity index (χ2v) is 4.87. The van der Waals surface area contributed by atoms with E-state index in [4.69, 9.17) is 10.00 Å². The van der Waals surface area contributed by atoms with Gasteiger partial charge in [0.1, 0.15) is 6.42 Å². The van der Waals surface area contributed by atoms with Gasteiger partial charge in [0.15, 0.2) is 29.0 Å². The van der Waals surface area contributed by atoms with Gasteiger partial charge in [0, 0.05) is 0 Å². The van der Waals surface area contributed by atoms with Crippen LogP contribution in [0.4, 0.5) is 32.0 Å². The summed E-state index contributed by atoms with van der Waals surface area (Å²) in [6.45, 7) is 0. The molecule has 1 N–H and O–H groups in total. The Morgan fingerprint density at radius 1 is 1.08 bits per heavy atom. The topological polar surface area (TPSA) is 62.1 Å². The molecule has 0 unspecified atom stereocenters. The lowest BCUT2D eigenvalue weighted by atomic mass is 10.2. The highest BCUT2D eigenvalue weighted by atomic mass is 19.4. The average molecular weight is 374 g/mol. The normalized spacial score (nSPS) is 11.0. The van der Waals surface area contributed by atoms with Crippen molar-refractivity contribution in [2.45, 2.75) is 12.6 Å². The second kappa shape index (κ2) is 7.35. The SMILES string of the molecule is N#CCC(=O)Nc1cccc(F)c1Oc1c(F)cc(C(F)(F)F)cc1F. The molecule has 2 aromatic carbocycles. The maximum Gasteiger partial charge on any atom is 0.416 e. The molecule has 0 bridgehead atoms. The first kappa shape index (κ1) is 19.1. The van der Waals surface area contributed by atoms with E-state index in [1.54, 1.807) is 0 Å². The first-order valence-corrected chi connectivity index (χ1v) is 6.83. The first-order valence-electron chi connectivity index (χ1n) is 6.83. The minimum Gasteiger partial charge on any atom is -0.446 e. The third-order valence-electron chi connectivity index (χ3n) is 3.01. The largest absolute Gasteiger partial charge is 0.446 e. The molecule has 0 aromatic heterocycles. The second-order valence-electron chi connectivity index (χ2n) is 4.87. The van der Waals surface area contributed by atoms with Gasteiger partial charge in [-0.05, 0) is 24.3 Å². The van der Waals surface area contributed by atoms with Crippen LogP contribution in [0.1, 0.15) is 12.0 Å². The summed E-state index contributed by atoms with van der Waals surface area (Å²) in [4.78, 5) is 11.4.